The summed E-state index contributed by atoms with van der Waals surface area (Å²) in [7, 11) is 3.81. The Labute approximate surface area is 136 Å². The van der Waals surface area contributed by atoms with Crippen LogP contribution in [0.5, 0.6) is 0 Å². The van der Waals surface area contributed by atoms with Crippen molar-refractivity contribution in [1.82, 2.24) is 14.8 Å². The van der Waals surface area contributed by atoms with Crippen molar-refractivity contribution in [3.8, 4) is 0 Å². The molecule has 1 aliphatic rings. The molecule has 1 saturated heterocycles. The third-order valence-electron chi connectivity index (χ3n) is 4.20. The summed E-state index contributed by atoms with van der Waals surface area (Å²) in [6.45, 7) is 6.42. The predicted molar refractivity (Wildman–Crippen MR) is 88.8 cm³/mol. The number of hydrogen-bond acceptors (Lipinski definition) is 7. The highest BCUT2D eigenvalue weighted by Crippen LogP contribution is 2.28. The van der Waals surface area contributed by atoms with E-state index in [0.29, 0.717) is 24.5 Å². The number of piperazine rings is 1. The van der Waals surface area contributed by atoms with Crippen molar-refractivity contribution in [2.45, 2.75) is 13.0 Å². The van der Waals surface area contributed by atoms with Crippen LogP contribution in [0.2, 0.25) is 0 Å². The van der Waals surface area contributed by atoms with Crippen LogP contribution < -0.4 is 4.90 Å². The normalized spacial score (nSPS) is 17.9. The molecule has 8 heteroatoms. The van der Waals surface area contributed by atoms with Crippen molar-refractivity contribution >= 4 is 11.5 Å². The van der Waals surface area contributed by atoms with Crippen molar-refractivity contribution in [3.05, 3.63) is 27.9 Å². The Hall–Kier alpha value is -1.77. The van der Waals surface area contributed by atoms with Gasteiger partial charge in [-0.15, -0.1) is 0 Å². The molecule has 0 amide bonds. The number of pyridine rings is 1. The predicted octanol–water partition coefficient (Wildman–Crippen LogP) is 0.343. The van der Waals surface area contributed by atoms with Gasteiger partial charge in [-0.25, -0.2) is 4.98 Å². The van der Waals surface area contributed by atoms with Crippen LogP contribution in [0.25, 0.3) is 0 Å². The number of rotatable bonds is 6. The maximum absolute atomic E-state index is 11.2. The highest BCUT2D eigenvalue weighted by Gasteiger charge is 2.24. The van der Waals surface area contributed by atoms with Crippen molar-refractivity contribution < 1.29 is 10.0 Å². The molecule has 8 nitrogen and oxygen atoms in total. The zero-order valence-corrected chi connectivity index (χ0v) is 14.0. The summed E-state index contributed by atoms with van der Waals surface area (Å²) >= 11 is 0. The van der Waals surface area contributed by atoms with Crippen LogP contribution in [-0.4, -0.2) is 84.3 Å². The van der Waals surface area contributed by atoms with Crippen LogP contribution in [0.15, 0.2) is 12.3 Å². The summed E-state index contributed by atoms with van der Waals surface area (Å²) < 4.78 is 0. The van der Waals surface area contributed by atoms with E-state index in [2.05, 4.69) is 21.8 Å². The van der Waals surface area contributed by atoms with Gasteiger partial charge in [0.2, 0.25) is 5.82 Å². The molecule has 1 N–H and O–H groups in total. The van der Waals surface area contributed by atoms with Gasteiger partial charge in [0.15, 0.2) is 0 Å². The molecule has 0 bridgehead atoms. The summed E-state index contributed by atoms with van der Waals surface area (Å²) in [5.74, 6) is 0.299. The minimum absolute atomic E-state index is 0.00166. The Balaban J connectivity index is 1.97. The van der Waals surface area contributed by atoms with Crippen molar-refractivity contribution in [3.63, 3.8) is 0 Å². The van der Waals surface area contributed by atoms with E-state index in [1.165, 1.54) is 0 Å². The molecule has 128 valence electrons. The number of hydrogen-bond donors (Lipinski definition) is 1. The van der Waals surface area contributed by atoms with E-state index < -0.39 is 11.0 Å². The SMILES string of the molecule is Cc1ccnc(N(C)C[C@@H](O)CN2CCN(C)CC2)c1[N+](=O)[O-]. The second kappa shape index (κ2) is 7.67. The zero-order chi connectivity index (χ0) is 17.0. The highest BCUT2D eigenvalue weighted by atomic mass is 16.6. The van der Waals surface area contributed by atoms with Crippen LogP contribution in [0.4, 0.5) is 11.5 Å². The van der Waals surface area contributed by atoms with Gasteiger partial charge in [0, 0.05) is 58.1 Å². The topological polar surface area (TPSA) is 86.0 Å². The number of aryl methyl sites for hydroxylation is 1. The standard InChI is InChI=1S/C15H25N5O3/c1-12-4-5-16-15(14(12)20(22)23)18(3)10-13(21)11-19-8-6-17(2)7-9-19/h4-5,13,21H,6-11H2,1-3H3/t13-/m1/s1. The summed E-state index contributed by atoms with van der Waals surface area (Å²) in [6.07, 6.45) is 0.978. The van der Waals surface area contributed by atoms with Crippen LogP contribution in [0, 0.1) is 17.0 Å². The highest BCUT2D eigenvalue weighted by molar-refractivity contribution is 5.61. The molecule has 2 rings (SSSR count). The Bertz CT molecular complexity index is 546. The van der Waals surface area contributed by atoms with E-state index in [4.69, 9.17) is 0 Å². The second-order valence-corrected chi connectivity index (χ2v) is 6.20. The monoisotopic (exact) mass is 323 g/mol. The number of nitrogens with zero attached hydrogens (tertiary/aromatic N) is 5. The molecule has 1 aromatic rings. The van der Waals surface area contributed by atoms with E-state index in [0.717, 1.165) is 26.2 Å². The van der Waals surface area contributed by atoms with Crippen LogP contribution in [0.1, 0.15) is 5.56 Å². The molecular weight excluding hydrogens is 298 g/mol. The molecule has 23 heavy (non-hydrogen) atoms. The van der Waals surface area contributed by atoms with E-state index in [1.807, 2.05) is 0 Å². The molecule has 0 saturated carbocycles. The van der Waals surface area contributed by atoms with Gasteiger partial charge < -0.3 is 14.9 Å². The van der Waals surface area contributed by atoms with Gasteiger partial charge in [-0.05, 0) is 20.0 Å². The summed E-state index contributed by atoms with van der Waals surface area (Å²) in [5.41, 5.74) is 0.571. The van der Waals surface area contributed by atoms with Gasteiger partial charge in [0.05, 0.1) is 11.0 Å². The Morgan fingerprint density at radius 1 is 1.43 bits per heavy atom. The number of aromatic nitrogens is 1. The number of nitro groups is 1. The maximum Gasteiger partial charge on any atom is 0.314 e. The zero-order valence-electron chi connectivity index (χ0n) is 14.0. The van der Waals surface area contributed by atoms with E-state index in [1.54, 1.807) is 31.1 Å². The minimum Gasteiger partial charge on any atom is -0.390 e. The molecule has 0 unspecified atom stereocenters. The Kier molecular flexibility index (Phi) is 5.86. The number of aliphatic hydroxyl groups excluding tert-OH is 1. The van der Waals surface area contributed by atoms with Crippen molar-refractivity contribution in [2.75, 3.05) is 58.3 Å². The molecule has 0 spiro atoms. The lowest BCUT2D eigenvalue weighted by Gasteiger charge is -2.34. The smallest absolute Gasteiger partial charge is 0.314 e. The first-order chi connectivity index (χ1) is 10.9. The molecule has 2 heterocycles. The first kappa shape index (κ1) is 17.6. The molecule has 0 aliphatic carbocycles. The fraction of sp³-hybridized carbons (Fsp3) is 0.667. The van der Waals surface area contributed by atoms with E-state index >= 15 is 0 Å². The molecule has 1 aromatic heterocycles. The second-order valence-electron chi connectivity index (χ2n) is 6.20. The number of anilines is 1. The van der Waals surface area contributed by atoms with Crippen LogP contribution >= 0.6 is 0 Å². The Morgan fingerprint density at radius 3 is 2.70 bits per heavy atom. The van der Waals surface area contributed by atoms with E-state index in [9.17, 15) is 15.2 Å². The fourth-order valence-electron chi connectivity index (χ4n) is 2.83. The summed E-state index contributed by atoms with van der Waals surface area (Å²) in [4.78, 5) is 21.1. The molecule has 0 aromatic carbocycles. The van der Waals surface area contributed by atoms with Crippen LogP contribution in [-0.2, 0) is 0 Å². The molecular formula is C15H25N5O3. The first-order valence-corrected chi connectivity index (χ1v) is 7.78. The van der Waals surface area contributed by atoms with Crippen LogP contribution in [0.3, 0.4) is 0 Å². The fourth-order valence-corrected chi connectivity index (χ4v) is 2.83. The maximum atomic E-state index is 11.2. The van der Waals surface area contributed by atoms with Gasteiger partial charge in [0.1, 0.15) is 0 Å². The van der Waals surface area contributed by atoms with E-state index in [-0.39, 0.29) is 5.69 Å². The molecule has 0 radical (unpaired) electrons. The van der Waals surface area contributed by atoms with Crippen molar-refractivity contribution in [2.24, 2.45) is 0 Å². The van der Waals surface area contributed by atoms with Gasteiger partial charge in [0.25, 0.3) is 0 Å². The lowest BCUT2D eigenvalue weighted by atomic mass is 10.2. The number of likely N-dealkylation sites (N-methyl/N-ethyl adjacent to an activating group) is 2. The summed E-state index contributed by atoms with van der Waals surface area (Å²) in [5, 5.41) is 21.5. The first-order valence-electron chi connectivity index (χ1n) is 7.78. The largest absolute Gasteiger partial charge is 0.390 e. The van der Waals surface area contributed by atoms with Gasteiger partial charge in [-0.1, -0.05) is 0 Å². The quantitative estimate of drug-likeness (QED) is 0.597. The van der Waals surface area contributed by atoms with Gasteiger partial charge in [-0.2, -0.15) is 0 Å². The number of aliphatic hydroxyl groups is 1. The lowest BCUT2D eigenvalue weighted by Crippen LogP contribution is -2.48. The third kappa shape index (κ3) is 4.60. The molecule has 1 fully saturated rings. The minimum atomic E-state index is -0.578. The molecule has 1 aliphatic heterocycles. The van der Waals surface area contributed by atoms with Gasteiger partial charge in [-0.3, -0.25) is 15.0 Å². The lowest BCUT2D eigenvalue weighted by molar-refractivity contribution is -0.384. The van der Waals surface area contributed by atoms with Gasteiger partial charge >= 0.3 is 5.69 Å². The average Bonchev–Trinajstić information content (AvgIpc) is 2.48. The number of β-amino-alcohol motifs (C(OH)–C–C–N with tert-alkyl or cyclic N) is 1. The molecule has 1 atom stereocenters. The third-order valence-corrected chi connectivity index (χ3v) is 4.20. The summed E-state index contributed by atoms with van der Waals surface area (Å²) in [6, 6.07) is 1.62. The Morgan fingerprint density at radius 2 is 2.09 bits per heavy atom. The average molecular weight is 323 g/mol. The van der Waals surface area contributed by atoms with Crippen molar-refractivity contribution in [1.29, 1.82) is 0 Å².